The van der Waals surface area contributed by atoms with Crippen molar-refractivity contribution in [1.29, 1.82) is 0 Å². The molecule has 0 saturated carbocycles. The molecule has 1 spiro atoms. The van der Waals surface area contributed by atoms with Gasteiger partial charge in [0.1, 0.15) is 11.4 Å². The third kappa shape index (κ3) is 3.49. The third-order valence-corrected chi connectivity index (χ3v) is 6.01. The van der Waals surface area contributed by atoms with Crippen molar-refractivity contribution in [2.24, 2.45) is 0 Å². The van der Waals surface area contributed by atoms with Gasteiger partial charge in [-0.05, 0) is 24.3 Å². The second-order valence-corrected chi connectivity index (χ2v) is 8.03. The van der Waals surface area contributed by atoms with Crippen LogP contribution in [0.1, 0.15) is 29.6 Å². The van der Waals surface area contributed by atoms with Gasteiger partial charge >= 0.3 is 0 Å². The summed E-state index contributed by atoms with van der Waals surface area (Å²) in [5.41, 5.74) is 0.107. The summed E-state index contributed by atoms with van der Waals surface area (Å²) in [7, 11) is 0. The third-order valence-electron chi connectivity index (χ3n) is 4.99. The number of thioether (sulfide) groups is 1. The number of para-hydroxylation sites is 1. The fraction of sp³-hybridized carbons (Fsp3) is 0.333. The molecule has 2 heterocycles. The van der Waals surface area contributed by atoms with Crippen molar-refractivity contribution in [1.82, 2.24) is 4.90 Å². The Hall–Kier alpha value is -2.27. The first-order chi connectivity index (χ1) is 12.7. The van der Waals surface area contributed by atoms with Crippen molar-refractivity contribution < 1.29 is 14.3 Å². The van der Waals surface area contributed by atoms with Crippen LogP contribution in [-0.2, 0) is 4.79 Å². The molecule has 1 fully saturated rings. The Balaban J connectivity index is 1.35. The van der Waals surface area contributed by atoms with Crippen molar-refractivity contribution >= 4 is 23.5 Å². The van der Waals surface area contributed by atoms with Crippen molar-refractivity contribution in [3.63, 3.8) is 0 Å². The number of carbonyl (C=O) groups excluding carboxylic acids is 2. The molecule has 134 valence electrons. The van der Waals surface area contributed by atoms with E-state index in [2.05, 4.69) is 12.1 Å². The van der Waals surface area contributed by atoms with E-state index in [1.54, 1.807) is 11.8 Å². The van der Waals surface area contributed by atoms with Crippen molar-refractivity contribution in [2.45, 2.75) is 29.8 Å². The fourth-order valence-corrected chi connectivity index (χ4v) is 4.52. The van der Waals surface area contributed by atoms with Crippen LogP contribution in [0.2, 0.25) is 0 Å². The highest BCUT2D eigenvalue weighted by atomic mass is 32.2. The predicted octanol–water partition coefficient (Wildman–Crippen LogP) is 3.81. The summed E-state index contributed by atoms with van der Waals surface area (Å²) in [6.45, 7) is 1.16. The Morgan fingerprint density at radius 2 is 1.88 bits per heavy atom. The van der Waals surface area contributed by atoms with Gasteiger partial charge in [-0.2, -0.15) is 0 Å². The number of fused-ring (bicyclic) bond motifs is 1. The molecule has 2 aliphatic rings. The SMILES string of the molecule is O=C1CC2(CCN(C(=O)CCSc3ccccc3)C2)Oc2ccccc21. The molecule has 0 bridgehead atoms. The number of hydrogen-bond acceptors (Lipinski definition) is 4. The summed E-state index contributed by atoms with van der Waals surface area (Å²) in [5.74, 6) is 1.66. The lowest BCUT2D eigenvalue weighted by Gasteiger charge is -2.34. The molecule has 1 saturated heterocycles. The van der Waals surface area contributed by atoms with Crippen LogP contribution in [0.25, 0.3) is 0 Å². The number of benzene rings is 2. The van der Waals surface area contributed by atoms with Gasteiger partial charge in [0.2, 0.25) is 5.91 Å². The van der Waals surface area contributed by atoms with Gasteiger partial charge in [0, 0.05) is 30.0 Å². The van der Waals surface area contributed by atoms with E-state index in [1.807, 2.05) is 47.4 Å². The van der Waals surface area contributed by atoms with Crippen molar-refractivity contribution in [3.8, 4) is 5.75 Å². The second-order valence-electron chi connectivity index (χ2n) is 6.86. The van der Waals surface area contributed by atoms with E-state index >= 15 is 0 Å². The summed E-state index contributed by atoms with van der Waals surface area (Å²) in [6, 6.07) is 17.5. The van der Waals surface area contributed by atoms with E-state index in [9.17, 15) is 9.59 Å². The lowest BCUT2D eigenvalue weighted by molar-refractivity contribution is -0.130. The zero-order valence-corrected chi connectivity index (χ0v) is 15.3. The van der Waals surface area contributed by atoms with Crippen LogP contribution in [0.15, 0.2) is 59.5 Å². The number of Topliss-reactive ketones (excluding diaryl/α,β-unsaturated/α-hetero) is 1. The highest BCUT2D eigenvalue weighted by molar-refractivity contribution is 7.99. The summed E-state index contributed by atoms with van der Waals surface area (Å²) < 4.78 is 6.19. The number of ketones is 1. The molecule has 2 aromatic rings. The molecule has 4 rings (SSSR count). The predicted molar refractivity (Wildman–Crippen MR) is 102 cm³/mol. The van der Waals surface area contributed by atoms with E-state index in [-0.39, 0.29) is 11.7 Å². The van der Waals surface area contributed by atoms with Crippen LogP contribution in [0.4, 0.5) is 0 Å². The number of carbonyl (C=O) groups is 2. The summed E-state index contributed by atoms with van der Waals surface area (Å²) in [5, 5.41) is 0. The van der Waals surface area contributed by atoms with Gasteiger partial charge in [0.15, 0.2) is 5.78 Å². The average Bonchev–Trinajstić information content (AvgIpc) is 3.06. The molecule has 2 aliphatic heterocycles. The number of nitrogens with zero attached hydrogens (tertiary/aromatic N) is 1. The zero-order valence-electron chi connectivity index (χ0n) is 14.5. The van der Waals surface area contributed by atoms with Gasteiger partial charge < -0.3 is 9.64 Å². The van der Waals surface area contributed by atoms with Crippen LogP contribution in [0, 0.1) is 0 Å². The van der Waals surface area contributed by atoms with Crippen LogP contribution in [0.5, 0.6) is 5.75 Å². The van der Waals surface area contributed by atoms with Gasteiger partial charge in [-0.1, -0.05) is 30.3 Å². The molecule has 26 heavy (non-hydrogen) atoms. The molecule has 0 radical (unpaired) electrons. The Morgan fingerprint density at radius 3 is 2.73 bits per heavy atom. The molecule has 1 unspecified atom stereocenters. The molecule has 0 aliphatic carbocycles. The van der Waals surface area contributed by atoms with E-state index in [4.69, 9.17) is 4.74 Å². The molecule has 1 atom stereocenters. The van der Waals surface area contributed by atoms with E-state index in [1.165, 1.54) is 4.90 Å². The summed E-state index contributed by atoms with van der Waals surface area (Å²) in [6.07, 6.45) is 1.57. The van der Waals surface area contributed by atoms with Gasteiger partial charge in [0.05, 0.1) is 18.5 Å². The minimum absolute atomic E-state index is 0.112. The van der Waals surface area contributed by atoms with Gasteiger partial charge in [-0.15, -0.1) is 11.8 Å². The molecular weight excluding hydrogens is 346 g/mol. The van der Waals surface area contributed by atoms with Crippen molar-refractivity contribution in [2.75, 3.05) is 18.8 Å². The fourth-order valence-electron chi connectivity index (χ4n) is 3.66. The summed E-state index contributed by atoms with van der Waals surface area (Å²) >= 11 is 1.69. The van der Waals surface area contributed by atoms with Crippen molar-refractivity contribution in [3.05, 3.63) is 60.2 Å². The quantitative estimate of drug-likeness (QED) is 0.771. The number of likely N-dealkylation sites (tertiary alicyclic amines) is 1. The first-order valence-electron chi connectivity index (χ1n) is 8.92. The van der Waals surface area contributed by atoms with Crippen LogP contribution < -0.4 is 4.74 Å². The lowest BCUT2D eigenvalue weighted by atomic mass is 9.89. The molecule has 1 amide bonds. The molecule has 4 nitrogen and oxygen atoms in total. The Morgan fingerprint density at radius 1 is 1.12 bits per heavy atom. The smallest absolute Gasteiger partial charge is 0.223 e. The number of ether oxygens (including phenoxy) is 1. The second kappa shape index (κ2) is 7.16. The minimum atomic E-state index is -0.548. The van der Waals surface area contributed by atoms with Crippen LogP contribution in [-0.4, -0.2) is 41.0 Å². The molecule has 0 N–H and O–H groups in total. The average molecular weight is 367 g/mol. The number of rotatable bonds is 4. The maximum Gasteiger partial charge on any atom is 0.223 e. The Kier molecular flexibility index (Phi) is 4.72. The van der Waals surface area contributed by atoms with Gasteiger partial charge in [-0.3, -0.25) is 9.59 Å². The van der Waals surface area contributed by atoms with E-state index in [0.717, 1.165) is 5.75 Å². The lowest BCUT2D eigenvalue weighted by Crippen LogP contribution is -2.45. The zero-order chi connectivity index (χ0) is 18.0. The highest BCUT2D eigenvalue weighted by Gasteiger charge is 2.46. The summed E-state index contributed by atoms with van der Waals surface area (Å²) in [4.78, 5) is 28.1. The number of amides is 1. The van der Waals surface area contributed by atoms with E-state index in [0.29, 0.717) is 43.7 Å². The maximum atomic E-state index is 12.6. The Bertz CT molecular complexity index is 823. The topological polar surface area (TPSA) is 46.6 Å². The first kappa shape index (κ1) is 17.2. The normalized spacial score (nSPS) is 21.5. The Labute approximate surface area is 157 Å². The highest BCUT2D eigenvalue weighted by Crippen LogP contribution is 2.38. The van der Waals surface area contributed by atoms with Gasteiger partial charge in [-0.25, -0.2) is 0 Å². The molecule has 0 aromatic heterocycles. The largest absolute Gasteiger partial charge is 0.484 e. The maximum absolute atomic E-state index is 12.6. The van der Waals surface area contributed by atoms with Gasteiger partial charge in [0.25, 0.3) is 0 Å². The van der Waals surface area contributed by atoms with E-state index < -0.39 is 5.60 Å². The molecule has 5 heteroatoms. The standard InChI is InChI=1S/C21H21NO3S/c23-18-14-21(25-19-9-5-4-8-17(18)19)11-12-22(15-21)20(24)10-13-26-16-6-2-1-3-7-16/h1-9H,10-15H2. The van der Waals surface area contributed by atoms with Crippen LogP contribution >= 0.6 is 11.8 Å². The monoisotopic (exact) mass is 367 g/mol. The first-order valence-corrected chi connectivity index (χ1v) is 9.91. The number of hydrogen-bond donors (Lipinski definition) is 0. The molecular formula is C21H21NO3S. The molecule has 2 aromatic carbocycles. The minimum Gasteiger partial charge on any atom is -0.484 e. The van der Waals surface area contributed by atoms with Crippen LogP contribution in [0.3, 0.4) is 0 Å².